The predicted molar refractivity (Wildman–Crippen MR) is 92.9 cm³/mol. The van der Waals surface area contributed by atoms with Crippen LogP contribution in [0.25, 0.3) is 10.8 Å². The number of carbonyl (C=O) groups excluding carboxylic acids is 2. The van der Waals surface area contributed by atoms with E-state index in [4.69, 9.17) is 14.2 Å². The number of esters is 2. The van der Waals surface area contributed by atoms with Gasteiger partial charge in [-0.25, -0.2) is 4.79 Å². The first kappa shape index (κ1) is 15.2. The smallest absolute Gasteiger partial charge is 0.338 e. The van der Waals surface area contributed by atoms with Gasteiger partial charge < -0.3 is 14.2 Å². The highest BCUT2D eigenvalue weighted by molar-refractivity contribution is 5.95. The first-order valence-corrected chi connectivity index (χ1v) is 8.61. The van der Waals surface area contributed by atoms with Crippen LogP contribution in [-0.2, 0) is 19.0 Å². The zero-order chi connectivity index (χ0) is 17.7. The molecule has 0 unspecified atom stereocenters. The molecule has 2 aromatic carbocycles. The molecule has 1 fully saturated rings. The summed E-state index contributed by atoms with van der Waals surface area (Å²) in [6.45, 7) is 0.0235. The minimum atomic E-state index is -0.623. The summed E-state index contributed by atoms with van der Waals surface area (Å²) in [5.41, 5.74) is 0.494. The van der Waals surface area contributed by atoms with Crippen molar-refractivity contribution in [3.8, 4) is 0 Å². The van der Waals surface area contributed by atoms with Gasteiger partial charge in [0.05, 0.1) is 17.4 Å². The van der Waals surface area contributed by atoms with E-state index in [0.717, 1.165) is 10.8 Å². The largest absolute Gasteiger partial charge is 0.455 e. The summed E-state index contributed by atoms with van der Waals surface area (Å²) >= 11 is 0. The van der Waals surface area contributed by atoms with E-state index in [1.165, 1.54) is 0 Å². The number of carbonyl (C=O) groups is 2. The van der Waals surface area contributed by atoms with Gasteiger partial charge in [-0.05, 0) is 29.0 Å². The summed E-state index contributed by atoms with van der Waals surface area (Å²) in [6.07, 6.45) is 5.11. The predicted octanol–water partition coefficient (Wildman–Crippen LogP) is 3.21. The SMILES string of the molecule is O=C(OCC1=C[C@H]2[C@@H]3C=C[C@H]2C(=O)O[C@@H]3O1)c1ccc2ccccc2c1. The Labute approximate surface area is 149 Å². The Morgan fingerprint density at radius 3 is 2.73 bits per heavy atom. The zero-order valence-electron chi connectivity index (χ0n) is 13.8. The fourth-order valence-corrected chi connectivity index (χ4v) is 3.86. The van der Waals surface area contributed by atoms with Crippen molar-refractivity contribution in [1.29, 1.82) is 0 Å². The maximum Gasteiger partial charge on any atom is 0.338 e. The molecule has 26 heavy (non-hydrogen) atoms. The number of ether oxygens (including phenoxy) is 3. The van der Waals surface area contributed by atoms with Gasteiger partial charge in [0, 0.05) is 5.92 Å². The molecule has 5 nitrogen and oxygen atoms in total. The van der Waals surface area contributed by atoms with Gasteiger partial charge in [-0.15, -0.1) is 0 Å². The quantitative estimate of drug-likeness (QED) is 0.630. The van der Waals surface area contributed by atoms with Gasteiger partial charge in [-0.1, -0.05) is 42.5 Å². The molecule has 1 saturated heterocycles. The lowest BCUT2D eigenvalue weighted by molar-refractivity contribution is -0.204. The topological polar surface area (TPSA) is 61.8 Å². The van der Waals surface area contributed by atoms with Crippen molar-refractivity contribution in [2.24, 2.45) is 17.8 Å². The lowest BCUT2D eigenvalue weighted by atomic mass is 9.83. The number of allylic oxidation sites excluding steroid dienone is 1. The van der Waals surface area contributed by atoms with Crippen LogP contribution in [0.15, 0.2) is 66.5 Å². The van der Waals surface area contributed by atoms with Crippen LogP contribution in [0.3, 0.4) is 0 Å². The molecule has 2 aliphatic heterocycles. The maximum absolute atomic E-state index is 12.4. The van der Waals surface area contributed by atoms with E-state index in [9.17, 15) is 9.59 Å². The molecule has 4 atom stereocenters. The molecule has 0 aromatic heterocycles. The highest BCUT2D eigenvalue weighted by Crippen LogP contribution is 2.44. The molecule has 0 N–H and O–H groups in total. The van der Waals surface area contributed by atoms with Gasteiger partial charge in [0.15, 0.2) is 0 Å². The third-order valence-corrected chi connectivity index (χ3v) is 5.20. The standard InChI is InChI=1S/C21H16O5/c22-19(14-6-5-12-3-1-2-4-13(12)9-14)24-11-15-10-18-16-7-8-17(18)21(25-15)26-20(16)23/h1-10,16-18,21H,11H2/t16-,17+,18-,21+/m1/s1. The summed E-state index contributed by atoms with van der Waals surface area (Å²) in [4.78, 5) is 24.2. The third kappa shape index (κ3) is 2.39. The van der Waals surface area contributed by atoms with Crippen molar-refractivity contribution >= 4 is 22.7 Å². The first-order chi connectivity index (χ1) is 12.7. The molecule has 2 heterocycles. The Kier molecular flexibility index (Phi) is 3.35. The number of hydrogen-bond acceptors (Lipinski definition) is 5. The molecule has 130 valence electrons. The summed E-state index contributed by atoms with van der Waals surface area (Å²) in [7, 11) is 0. The van der Waals surface area contributed by atoms with Gasteiger partial charge >= 0.3 is 11.9 Å². The summed E-state index contributed by atoms with van der Waals surface area (Å²) < 4.78 is 16.4. The van der Waals surface area contributed by atoms with Gasteiger partial charge in [0.25, 0.3) is 6.29 Å². The van der Waals surface area contributed by atoms with Gasteiger partial charge in [0.2, 0.25) is 0 Å². The van der Waals surface area contributed by atoms with Crippen molar-refractivity contribution in [3.63, 3.8) is 0 Å². The molecule has 1 aliphatic carbocycles. The third-order valence-electron chi connectivity index (χ3n) is 5.20. The average Bonchev–Trinajstić information content (AvgIpc) is 3.01. The highest BCUT2D eigenvalue weighted by Gasteiger charge is 2.50. The zero-order valence-corrected chi connectivity index (χ0v) is 13.8. The van der Waals surface area contributed by atoms with Crippen LogP contribution in [0, 0.1) is 17.8 Å². The second-order valence-corrected chi connectivity index (χ2v) is 6.76. The Morgan fingerprint density at radius 1 is 1.00 bits per heavy atom. The monoisotopic (exact) mass is 348 g/mol. The summed E-state index contributed by atoms with van der Waals surface area (Å²) in [5.74, 6) is -0.303. The van der Waals surface area contributed by atoms with E-state index in [2.05, 4.69) is 0 Å². The molecule has 4 bridgehead atoms. The van der Waals surface area contributed by atoms with Crippen molar-refractivity contribution in [2.75, 3.05) is 6.61 Å². The summed E-state index contributed by atoms with van der Waals surface area (Å²) in [6, 6.07) is 13.3. The molecule has 5 rings (SSSR count). The van der Waals surface area contributed by atoms with E-state index in [1.54, 1.807) is 6.07 Å². The Balaban J connectivity index is 1.30. The second-order valence-electron chi connectivity index (χ2n) is 6.76. The van der Waals surface area contributed by atoms with Crippen molar-refractivity contribution in [3.05, 3.63) is 72.0 Å². The minimum absolute atomic E-state index is 0.0235. The molecular weight excluding hydrogens is 332 g/mol. The van der Waals surface area contributed by atoms with Gasteiger partial charge in [0.1, 0.15) is 12.4 Å². The molecule has 0 radical (unpaired) electrons. The van der Waals surface area contributed by atoms with Crippen LogP contribution in [0.2, 0.25) is 0 Å². The van der Waals surface area contributed by atoms with Crippen LogP contribution in [0.4, 0.5) is 0 Å². The van der Waals surface area contributed by atoms with Gasteiger partial charge in [-0.2, -0.15) is 0 Å². The number of hydrogen-bond donors (Lipinski definition) is 0. The van der Waals surface area contributed by atoms with E-state index >= 15 is 0 Å². The second kappa shape index (κ2) is 5.73. The lowest BCUT2D eigenvalue weighted by Gasteiger charge is -2.38. The lowest BCUT2D eigenvalue weighted by Crippen LogP contribution is -2.44. The van der Waals surface area contributed by atoms with Crippen LogP contribution < -0.4 is 0 Å². The number of benzene rings is 2. The van der Waals surface area contributed by atoms with Crippen molar-refractivity contribution in [1.82, 2.24) is 0 Å². The Bertz CT molecular complexity index is 973. The van der Waals surface area contributed by atoms with Gasteiger partial charge in [-0.3, -0.25) is 4.79 Å². The Hall–Kier alpha value is -3.08. The number of fused-ring (bicyclic) bond motifs is 1. The van der Waals surface area contributed by atoms with Crippen molar-refractivity contribution in [2.45, 2.75) is 6.29 Å². The molecule has 5 heteroatoms. The van der Waals surface area contributed by atoms with E-state index in [1.807, 2.05) is 54.6 Å². The molecule has 0 amide bonds. The minimum Gasteiger partial charge on any atom is -0.455 e. The normalized spacial score (nSPS) is 28.3. The van der Waals surface area contributed by atoms with Crippen LogP contribution >= 0.6 is 0 Å². The highest BCUT2D eigenvalue weighted by atomic mass is 16.7. The summed E-state index contributed by atoms with van der Waals surface area (Å²) in [5, 5.41) is 2.05. The fraction of sp³-hybridized carbons (Fsp3) is 0.238. The van der Waals surface area contributed by atoms with E-state index < -0.39 is 12.3 Å². The van der Waals surface area contributed by atoms with Crippen LogP contribution in [-0.4, -0.2) is 24.8 Å². The fourth-order valence-electron chi connectivity index (χ4n) is 3.86. The van der Waals surface area contributed by atoms with Crippen LogP contribution in [0.5, 0.6) is 0 Å². The van der Waals surface area contributed by atoms with Crippen LogP contribution in [0.1, 0.15) is 10.4 Å². The molecular formula is C21H16O5. The van der Waals surface area contributed by atoms with E-state index in [-0.39, 0.29) is 30.3 Å². The molecule has 3 aliphatic rings. The average molecular weight is 348 g/mol. The Morgan fingerprint density at radius 2 is 1.85 bits per heavy atom. The molecule has 0 spiro atoms. The molecule has 2 aromatic rings. The maximum atomic E-state index is 12.4. The number of rotatable bonds is 3. The molecule has 0 saturated carbocycles. The van der Waals surface area contributed by atoms with E-state index in [0.29, 0.717) is 11.3 Å². The first-order valence-electron chi connectivity index (χ1n) is 8.61. The van der Waals surface area contributed by atoms with Crippen molar-refractivity contribution < 1.29 is 23.8 Å².